The van der Waals surface area contributed by atoms with Crippen molar-refractivity contribution in [2.75, 3.05) is 0 Å². The highest BCUT2D eigenvalue weighted by atomic mass is 16.3. The summed E-state index contributed by atoms with van der Waals surface area (Å²) in [4.78, 5) is 0. The average Bonchev–Trinajstić information content (AvgIpc) is 3.79. The van der Waals surface area contributed by atoms with Crippen LogP contribution in [0.5, 0.6) is 0 Å². The molecule has 0 radical (unpaired) electrons. The monoisotopic (exact) mass is 664 g/mol. The quantitative estimate of drug-likeness (QED) is 0.175. The summed E-state index contributed by atoms with van der Waals surface area (Å²) in [5.74, 6) is 0.996. The Morgan fingerprint density at radius 2 is 0.865 bits per heavy atom. The summed E-state index contributed by atoms with van der Waals surface area (Å²) in [7, 11) is 0. The Kier molecular flexibility index (Phi) is 6.41. The Labute approximate surface area is 300 Å². The molecule has 0 amide bonds. The van der Waals surface area contributed by atoms with E-state index in [-0.39, 0.29) is 0 Å². The molecule has 2 aromatic heterocycles. The first-order valence-electron chi connectivity index (χ1n) is 18.1. The van der Waals surface area contributed by atoms with Gasteiger partial charge in [-0.25, -0.2) is 0 Å². The highest BCUT2D eigenvalue weighted by molar-refractivity contribution is 6.22. The van der Waals surface area contributed by atoms with Crippen LogP contribution >= 0.6 is 0 Å². The molecule has 8 aromatic carbocycles. The largest absolute Gasteiger partial charge is 0.456 e. The first-order chi connectivity index (χ1) is 25.8. The normalized spacial score (nSPS) is 12.8. The third-order valence-electron chi connectivity index (χ3n) is 10.9. The van der Waals surface area contributed by atoms with E-state index in [4.69, 9.17) is 8.83 Å². The molecule has 0 atom stereocenters. The third-order valence-corrected chi connectivity index (χ3v) is 10.9. The molecule has 1 aliphatic rings. The number of furan rings is 2. The number of benzene rings is 8. The number of hydrogen-bond donors (Lipinski definition) is 0. The second-order valence-corrected chi connectivity index (χ2v) is 13.9. The highest BCUT2D eigenvalue weighted by Crippen LogP contribution is 2.46. The van der Waals surface area contributed by atoms with Crippen molar-refractivity contribution in [1.82, 2.24) is 0 Å². The fraction of sp³-hybridized carbons (Fsp3) is 0.0400. The van der Waals surface area contributed by atoms with Crippen LogP contribution in [0.25, 0.3) is 105 Å². The lowest BCUT2D eigenvalue weighted by Crippen LogP contribution is -1.92. The van der Waals surface area contributed by atoms with E-state index in [1.165, 1.54) is 54.7 Å². The van der Waals surface area contributed by atoms with Crippen LogP contribution in [-0.4, -0.2) is 0 Å². The molecule has 52 heavy (non-hydrogen) atoms. The molecule has 244 valence electrons. The molecule has 2 heterocycles. The van der Waals surface area contributed by atoms with Crippen LogP contribution in [-0.2, 0) is 6.42 Å². The Balaban J connectivity index is 1.11. The van der Waals surface area contributed by atoms with Gasteiger partial charge in [0.15, 0.2) is 0 Å². The average molecular weight is 665 g/mol. The van der Waals surface area contributed by atoms with Gasteiger partial charge in [0.1, 0.15) is 22.5 Å². The molecule has 10 aromatic rings. The van der Waals surface area contributed by atoms with E-state index in [1.54, 1.807) is 0 Å². The van der Waals surface area contributed by atoms with Gasteiger partial charge in [-0.15, -0.1) is 0 Å². The molecule has 0 saturated heterocycles. The fourth-order valence-electron chi connectivity index (χ4n) is 8.64. The number of allylic oxidation sites excluding steroid dienone is 1. The van der Waals surface area contributed by atoms with Gasteiger partial charge in [0.05, 0.1) is 0 Å². The van der Waals surface area contributed by atoms with E-state index >= 15 is 0 Å². The van der Waals surface area contributed by atoms with Gasteiger partial charge in [0.2, 0.25) is 0 Å². The van der Waals surface area contributed by atoms with E-state index in [9.17, 15) is 0 Å². The maximum atomic E-state index is 6.51. The van der Waals surface area contributed by atoms with Crippen molar-refractivity contribution in [2.24, 2.45) is 0 Å². The Bertz CT molecular complexity index is 3020. The maximum absolute atomic E-state index is 6.51. The predicted molar refractivity (Wildman–Crippen MR) is 218 cm³/mol. The van der Waals surface area contributed by atoms with Gasteiger partial charge < -0.3 is 8.83 Å². The van der Waals surface area contributed by atoms with Crippen molar-refractivity contribution >= 4 is 60.5 Å². The lowest BCUT2D eigenvalue weighted by Gasteiger charge is -2.18. The topological polar surface area (TPSA) is 26.3 Å². The molecule has 1 aliphatic carbocycles. The van der Waals surface area contributed by atoms with Crippen molar-refractivity contribution in [3.63, 3.8) is 0 Å². The smallest absolute Gasteiger partial charge is 0.143 e. The fourth-order valence-corrected chi connectivity index (χ4v) is 8.64. The summed E-state index contributed by atoms with van der Waals surface area (Å²) in [5.41, 5.74) is 13.5. The highest BCUT2D eigenvalue weighted by Gasteiger charge is 2.20. The Hall–Kier alpha value is -6.64. The number of rotatable bonds is 4. The van der Waals surface area contributed by atoms with Crippen LogP contribution in [0, 0.1) is 0 Å². The summed E-state index contributed by atoms with van der Waals surface area (Å²) >= 11 is 0. The molecule has 0 unspecified atom stereocenters. The molecular formula is C50H32O2. The summed E-state index contributed by atoms with van der Waals surface area (Å²) in [6.07, 6.45) is 6.42. The minimum absolute atomic E-state index is 0.912. The zero-order valence-electron chi connectivity index (χ0n) is 28.4. The summed E-state index contributed by atoms with van der Waals surface area (Å²) in [6.45, 7) is 0. The van der Waals surface area contributed by atoms with Gasteiger partial charge in [-0.05, 0) is 92.0 Å². The van der Waals surface area contributed by atoms with Gasteiger partial charge in [0, 0.05) is 32.8 Å². The van der Waals surface area contributed by atoms with Crippen molar-refractivity contribution in [3.05, 3.63) is 175 Å². The van der Waals surface area contributed by atoms with Crippen LogP contribution in [0.3, 0.4) is 0 Å². The molecule has 0 N–H and O–H groups in total. The number of aryl methyl sites for hydroxylation is 1. The van der Waals surface area contributed by atoms with E-state index in [0.717, 1.165) is 68.4 Å². The molecule has 0 spiro atoms. The van der Waals surface area contributed by atoms with Crippen molar-refractivity contribution < 1.29 is 8.83 Å². The molecule has 11 rings (SSSR count). The number of para-hydroxylation sites is 3. The van der Waals surface area contributed by atoms with Gasteiger partial charge in [-0.1, -0.05) is 146 Å². The van der Waals surface area contributed by atoms with Crippen LogP contribution in [0.15, 0.2) is 173 Å². The van der Waals surface area contributed by atoms with E-state index < -0.39 is 0 Å². The van der Waals surface area contributed by atoms with Crippen LogP contribution in [0.2, 0.25) is 0 Å². The summed E-state index contributed by atoms with van der Waals surface area (Å²) in [6, 6.07) is 57.0. The van der Waals surface area contributed by atoms with E-state index in [1.807, 2.05) is 12.1 Å². The zero-order chi connectivity index (χ0) is 34.2. The Morgan fingerprint density at radius 3 is 1.48 bits per heavy atom. The second-order valence-electron chi connectivity index (χ2n) is 13.9. The Morgan fingerprint density at radius 1 is 0.385 bits per heavy atom. The molecule has 0 saturated carbocycles. The first-order valence-corrected chi connectivity index (χ1v) is 18.1. The van der Waals surface area contributed by atoms with E-state index in [2.05, 4.69) is 158 Å². The molecule has 2 nitrogen and oxygen atoms in total. The number of hydrogen-bond acceptors (Lipinski definition) is 2. The van der Waals surface area contributed by atoms with Gasteiger partial charge in [0.25, 0.3) is 0 Å². The standard InChI is InChI=1S/C50H32O2/c1-2-20-40-39(19-1)47(33-15-9-13-31(29-33)35-23-11-25-43-37-17-5-7-27-45(37)51-49(35)43)41-21-3-4-22-42(41)48(40)34-16-10-14-32(30-34)36-24-12-26-44-38-18-6-8-28-46(38)52-50(36)44/h1-5,7-17,19-30H,6,18H2. The van der Waals surface area contributed by atoms with Gasteiger partial charge >= 0.3 is 0 Å². The SMILES string of the molecule is C1=Cc2oc3c(-c4cccc(-c5c6ccccc6c(-c6cccc(-c7cccc8c7oc7ccccc78)c6)c6ccccc56)c4)cccc3c2CC1. The summed E-state index contributed by atoms with van der Waals surface area (Å²) < 4.78 is 13.0. The van der Waals surface area contributed by atoms with Crippen molar-refractivity contribution in [1.29, 1.82) is 0 Å². The summed E-state index contributed by atoms with van der Waals surface area (Å²) in [5, 5.41) is 8.43. The first kappa shape index (κ1) is 29.1. The zero-order valence-corrected chi connectivity index (χ0v) is 28.4. The molecule has 0 fully saturated rings. The van der Waals surface area contributed by atoms with Crippen molar-refractivity contribution in [2.45, 2.75) is 12.8 Å². The van der Waals surface area contributed by atoms with Crippen molar-refractivity contribution in [3.8, 4) is 44.5 Å². The maximum Gasteiger partial charge on any atom is 0.143 e. The molecule has 0 bridgehead atoms. The second kappa shape index (κ2) is 11.4. The molecular weight excluding hydrogens is 633 g/mol. The number of fused-ring (bicyclic) bond motifs is 8. The lowest BCUT2D eigenvalue weighted by molar-refractivity contribution is 0.596. The predicted octanol–water partition coefficient (Wildman–Crippen LogP) is 14.3. The minimum atomic E-state index is 0.912. The lowest BCUT2D eigenvalue weighted by atomic mass is 9.85. The molecule has 0 aliphatic heterocycles. The van der Waals surface area contributed by atoms with Crippen LogP contribution < -0.4 is 0 Å². The van der Waals surface area contributed by atoms with Gasteiger partial charge in [-0.3, -0.25) is 0 Å². The molecule has 2 heteroatoms. The van der Waals surface area contributed by atoms with Crippen LogP contribution in [0.4, 0.5) is 0 Å². The van der Waals surface area contributed by atoms with E-state index in [0.29, 0.717) is 0 Å². The minimum Gasteiger partial charge on any atom is -0.456 e. The van der Waals surface area contributed by atoms with Crippen LogP contribution in [0.1, 0.15) is 17.7 Å². The van der Waals surface area contributed by atoms with Gasteiger partial charge in [-0.2, -0.15) is 0 Å². The third kappa shape index (κ3) is 4.37.